The van der Waals surface area contributed by atoms with Crippen molar-refractivity contribution in [2.24, 2.45) is 5.92 Å². The number of hydrogen-bond donors (Lipinski definition) is 1. The Morgan fingerprint density at radius 2 is 2.25 bits per heavy atom. The molecule has 0 aromatic heterocycles. The van der Waals surface area contributed by atoms with Gasteiger partial charge in [-0.15, -0.1) is 0 Å². The summed E-state index contributed by atoms with van der Waals surface area (Å²) < 4.78 is 11.4. The predicted octanol–water partition coefficient (Wildman–Crippen LogP) is 2.91. The Kier molecular flexibility index (Phi) is 3.74. The van der Waals surface area contributed by atoms with Crippen molar-refractivity contribution >= 4 is 0 Å². The molecule has 1 fully saturated rings. The molecule has 0 radical (unpaired) electrons. The third-order valence-electron chi connectivity index (χ3n) is 4.43. The predicted molar refractivity (Wildman–Crippen MR) is 80.1 cm³/mol. The van der Waals surface area contributed by atoms with Crippen LogP contribution in [0, 0.1) is 5.92 Å². The van der Waals surface area contributed by atoms with Crippen LogP contribution >= 0.6 is 0 Å². The lowest BCUT2D eigenvalue weighted by Gasteiger charge is -2.19. The van der Waals surface area contributed by atoms with Crippen LogP contribution < -0.4 is 10.1 Å². The van der Waals surface area contributed by atoms with E-state index in [2.05, 4.69) is 44.3 Å². The van der Waals surface area contributed by atoms with Gasteiger partial charge in [-0.25, -0.2) is 0 Å². The topological polar surface area (TPSA) is 30.5 Å². The SMILES string of the molecule is CC(NCc1ccc2c(c1)CC(C)(C)O2)C1CCOC1. The van der Waals surface area contributed by atoms with Gasteiger partial charge in [0.2, 0.25) is 0 Å². The summed E-state index contributed by atoms with van der Waals surface area (Å²) in [7, 11) is 0. The van der Waals surface area contributed by atoms with Gasteiger partial charge in [-0.1, -0.05) is 12.1 Å². The summed E-state index contributed by atoms with van der Waals surface area (Å²) in [6.07, 6.45) is 2.18. The number of rotatable bonds is 4. The van der Waals surface area contributed by atoms with Crippen LogP contribution in [0.5, 0.6) is 5.75 Å². The number of nitrogens with one attached hydrogen (secondary N) is 1. The van der Waals surface area contributed by atoms with E-state index < -0.39 is 0 Å². The molecule has 0 saturated carbocycles. The lowest BCUT2D eigenvalue weighted by Crippen LogP contribution is -2.33. The van der Waals surface area contributed by atoms with E-state index in [4.69, 9.17) is 9.47 Å². The van der Waals surface area contributed by atoms with Gasteiger partial charge in [0.05, 0.1) is 6.61 Å². The molecule has 0 amide bonds. The molecule has 3 nitrogen and oxygen atoms in total. The first-order chi connectivity index (χ1) is 9.53. The molecule has 20 heavy (non-hydrogen) atoms. The second kappa shape index (κ2) is 5.38. The maximum absolute atomic E-state index is 5.92. The average molecular weight is 275 g/mol. The first-order valence-electron chi connectivity index (χ1n) is 7.65. The van der Waals surface area contributed by atoms with E-state index in [-0.39, 0.29) is 5.60 Å². The Morgan fingerprint density at radius 3 is 3.00 bits per heavy atom. The van der Waals surface area contributed by atoms with Gasteiger partial charge in [0.15, 0.2) is 0 Å². The molecule has 0 aliphatic carbocycles. The van der Waals surface area contributed by atoms with Gasteiger partial charge in [0.25, 0.3) is 0 Å². The van der Waals surface area contributed by atoms with Crippen molar-refractivity contribution in [3.8, 4) is 5.75 Å². The highest BCUT2D eigenvalue weighted by atomic mass is 16.5. The van der Waals surface area contributed by atoms with E-state index in [9.17, 15) is 0 Å². The monoisotopic (exact) mass is 275 g/mol. The van der Waals surface area contributed by atoms with E-state index in [1.807, 2.05) is 0 Å². The summed E-state index contributed by atoms with van der Waals surface area (Å²) in [6.45, 7) is 9.30. The standard InChI is InChI=1S/C17H25NO2/c1-12(14-6-7-19-11-14)18-10-13-4-5-16-15(8-13)9-17(2,3)20-16/h4-5,8,12,14,18H,6-7,9-11H2,1-3H3. The minimum absolute atomic E-state index is 0.0527. The van der Waals surface area contributed by atoms with Crippen LogP contribution in [0.4, 0.5) is 0 Å². The zero-order chi connectivity index (χ0) is 14.2. The lowest BCUT2D eigenvalue weighted by molar-refractivity contribution is 0.138. The molecule has 2 atom stereocenters. The third-order valence-corrected chi connectivity index (χ3v) is 4.43. The van der Waals surface area contributed by atoms with Crippen molar-refractivity contribution in [2.45, 2.75) is 51.8 Å². The highest BCUT2D eigenvalue weighted by Crippen LogP contribution is 2.35. The molecule has 2 heterocycles. The largest absolute Gasteiger partial charge is 0.487 e. The van der Waals surface area contributed by atoms with E-state index >= 15 is 0 Å². The van der Waals surface area contributed by atoms with Gasteiger partial charge in [-0.3, -0.25) is 0 Å². The molecule has 0 spiro atoms. The van der Waals surface area contributed by atoms with Crippen molar-refractivity contribution < 1.29 is 9.47 Å². The number of hydrogen-bond acceptors (Lipinski definition) is 3. The van der Waals surface area contributed by atoms with E-state index in [1.54, 1.807) is 0 Å². The molecular formula is C17H25NO2. The Hall–Kier alpha value is -1.06. The number of benzene rings is 1. The Morgan fingerprint density at radius 1 is 1.40 bits per heavy atom. The molecule has 2 unspecified atom stereocenters. The molecule has 1 aromatic carbocycles. The Bertz CT molecular complexity index is 478. The van der Waals surface area contributed by atoms with Gasteiger partial charge in [0.1, 0.15) is 11.4 Å². The zero-order valence-electron chi connectivity index (χ0n) is 12.7. The van der Waals surface area contributed by atoms with Gasteiger partial charge in [-0.2, -0.15) is 0 Å². The molecule has 0 bridgehead atoms. The highest BCUT2D eigenvalue weighted by Gasteiger charge is 2.30. The first-order valence-corrected chi connectivity index (χ1v) is 7.65. The quantitative estimate of drug-likeness (QED) is 0.916. The fourth-order valence-electron chi connectivity index (χ4n) is 3.17. The minimum Gasteiger partial charge on any atom is -0.487 e. The van der Waals surface area contributed by atoms with Crippen molar-refractivity contribution in [3.63, 3.8) is 0 Å². The van der Waals surface area contributed by atoms with Crippen molar-refractivity contribution in [1.29, 1.82) is 0 Å². The number of fused-ring (bicyclic) bond motifs is 1. The maximum atomic E-state index is 5.92. The van der Waals surface area contributed by atoms with Crippen molar-refractivity contribution in [3.05, 3.63) is 29.3 Å². The van der Waals surface area contributed by atoms with Crippen LogP contribution in [-0.4, -0.2) is 24.9 Å². The Labute approximate surface area is 121 Å². The molecule has 3 rings (SSSR count). The highest BCUT2D eigenvalue weighted by molar-refractivity contribution is 5.41. The van der Waals surface area contributed by atoms with Crippen LogP contribution in [0.1, 0.15) is 38.3 Å². The van der Waals surface area contributed by atoms with Crippen molar-refractivity contribution in [2.75, 3.05) is 13.2 Å². The van der Waals surface area contributed by atoms with E-state index in [0.29, 0.717) is 12.0 Å². The summed E-state index contributed by atoms with van der Waals surface area (Å²) in [5.74, 6) is 1.71. The molecule has 2 aliphatic heterocycles. The Balaban J connectivity index is 1.59. The molecule has 1 saturated heterocycles. The van der Waals surface area contributed by atoms with Gasteiger partial charge < -0.3 is 14.8 Å². The van der Waals surface area contributed by atoms with Gasteiger partial charge in [-0.05, 0) is 50.3 Å². The van der Waals surface area contributed by atoms with E-state index in [0.717, 1.165) is 31.9 Å². The fraction of sp³-hybridized carbons (Fsp3) is 0.647. The normalized spacial score (nSPS) is 25.2. The van der Waals surface area contributed by atoms with E-state index in [1.165, 1.54) is 17.5 Å². The maximum Gasteiger partial charge on any atom is 0.123 e. The number of ether oxygens (including phenoxy) is 2. The summed E-state index contributed by atoms with van der Waals surface area (Å²) in [5.41, 5.74) is 2.63. The molecule has 1 aromatic rings. The zero-order valence-corrected chi connectivity index (χ0v) is 12.7. The summed E-state index contributed by atoms with van der Waals surface area (Å²) >= 11 is 0. The van der Waals surface area contributed by atoms with Crippen LogP contribution in [0.2, 0.25) is 0 Å². The van der Waals surface area contributed by atoms with Gasteiger partial charge in [0, 0.05) is 25.6 Å². The molecule has 110 valence electrons. The molecule has 3 heteroatoms. The third kappa shape index (κ3) is 2.99. The van der Waals surface area contributed by atoms with Crippen LogP contribution in [0.25, 0.3) is 0 Å². The average Bonchev–Trinajstić information content (AvgIpc) is 3.00. The minimum atomic E-state index is -0.0527. The fourth-order valence-corrected chi connectivity index (χ4v) is 3.17. The lowest BCUT2D eigenvalue weighted by atomic mass is 9.99. The van der Waals surface area contributed by atoms with Crippen molar-refractivity contribution in [1.82, 2.24) is 5.32 Å². The first kappa shape index (κ1) is 13.9. The summed E-state index contributed by atoms with van der Waals surface area (Å²) in [6, 6.07) is 7.09. The molecular weight excluding hydrogens is 250 g/mol. The second-order valence-electron chi connectivity index (χ2n) is 6.77. The van der Waals surface area contributed by atoms with Crippen LogP contribution in [0.3, 0.4) is 0 Å². The van der Waals surface area contributed by atoms with Crippen LogP contribution in [-0.2, 0) is 17.7 Å². The van der Waals surface area contributed by atoms with Gasteiger partial charge >= 0.3 is 0 Å². The van der Waals surface area contributed by atoms with Crippen LogP contribution in [0.15, 0.2) is 18.2 Å². The smallest absolute Gasteiger partial charge is 0.123 e. The second-order valence-corrected chi connectivity index (χ2v) is 6.77. The molecule has 2 aliphatic rings. The summed E-state index contributed by atoms with van der Waals surface area (Å²) in [4.78, 5) is 0. The molecule has 1 N–H and O–H groups in total. The summed E-state index contributed by atoms with van der Waals surface area (Å²) in [5, 5.41) is 3.63.